The predicted molar refractivity (Wildman–Crippen MR) is 113 cm³/mol. The van der Waals surface area contributed by atoms with Crippen molar-refractivity contribution in [3.05, 3.63) is 23.8 Å². The number of aliphatic hydroxyl groups is 1. The fourth-order valence-electron chi connectivity index (χ4n) is 4.66. The lowest BCUT2D eigenvalue weighted by atomic mass is 9.82. The lowest BCUT2D eigenvalue weighted by Gasteiger charge is -2.27. The fourth-order valence-corrected chi connectivity index (χ4v) is 4.66. The van der Waals surface area contributed by atoms with Gasteiger partial charge in [0.1, 0.15) is 11.9 Å². The zero-order valence-electron chi connectivity index (χ0n) is 18.3. The molecule has 1 aliphatic heterocycles. The zero-order valence-corrected chi connectivity index (χ0v) is 18.3. The van der Waals surface area contributed by atoms with Crippen molar-refractivity contribution in [2.45, 2.75) is 82.6 Å². The Kier molecular flexibility index (Phi) is 7.14. The minimum atomic E-state index is -4.21. The zero-order chi connectivity index (χ0) is 22.7. The maximum absolute atomic E-state index is 12.8. The molecule has 0 aromatic carbocycles. The van der Waals surface area contributed by atoms with Crippen molar-refractivity contribution in [1.82, 2.24) is 15.0 Å². The minimum Gasteiger partial charge on any atom is -0.474 e. The van der Waals surface area contributed by atoms with Gasteiger partial charge in [-0.1, -0.05) is 6.92 Å². The first kappa shape index (κ1) is 23.2. The van der Waals surface area contributed by atoms with Crippen LogP contribution in [0.2, 0.25) is 0 Å². The van der Waals surface area contributed by atoms with Crippen molar-refractivity contribution in [3.63, 3.8) is 0 Å². The second-order valence-electron chi connectivity index (χ2n) is 9.13. The molecule has 3 heterocycles. The summed E-state index contributed by atoms with van der Waals surface area (Å²) in [6.07, 6.45) is 2.85. The summed E-state index contributed by atoms with van der Waals surface area (Å²) in [5.74, 6) is 0.442. The average molecular weight is 454 g/mol. The number of hydrogen-bond donors (Lipinski definition) is 1. The standard InChI is InChI=1S/C23H30F3N3O3/c1-14(11-23(24,25)26)10-20-27-13-19-21(29-20)18(15-2-4-16(30)5-3-15)12-28-22(19)32-17-6-8-31-9-7-17/h12-17,30H,2-11H2,1H3/t14-,15?,16?/m0/s1. The topological polar surface area (TPSA) is 77.4 Å². The lowest BCUT2D eigenvalue weighted by Crippen LogP contribution is -2.26. The Balaban J connectivity index is 1.65. The van der Waals surface area contributed by atoms with E-state index in [2.05, 4.69) is 9.97 Å². The van der Waals surface area contributed by atoms with Crippen molar-refractivity contribution in [3.8, 4) is 5.88 Å². The summed E-state index contributed by atoms with van der Waals surface area (Å²) >= 11 is 0. The number of aromatic nitrogens is 3. The third kappa shape index (κ3) is 5.86. The van der Waals surface area contributed by atoms with Crippen LogP contribution >= 0.6 is 0 Å². The van der Waals surface area contributed by atoms with Crippen LogP contribution < -0.4 is 4.74 Å². The molecule has 2 fully saturated rings. The van der Waals surface area contributed by atoms with Gasteiger partial charge in [-0.25, -0.2) is 15.0 Å². The monoisotopic (exact) mass is 453 g/mol. The molecule has 1 N–H and O–H groups in total. The van der Waals surface area contributed by atoms with Gasteiger partial charge in [0.05, 0.1) is 30.2 Å². The molecule has 0 amide bonds. The highest BCUT2D eigenvalue weighted by Gasteiger charge is 2.31. The summed E-state index contributed by atoms with van der Waals surface area (Å²) in [5.41, 5.74) is 1.66. The number of nitrogens with zero attached hydrogens (tertiary/aromatic N) is 3. The van der Waals surface area contributed by atoms with E-state index in [1.807, 2.05) is 0 Å². The minimum absolute atomic E-state index is 0.00149. The number of pyridine rings is 1. The first-order valence-corrected chi connectivity index (χ1v) is 11.4. The van der Waals surface area contributed by atoms with E-state index in [1.54, 1.807) is 19.3 Å². The van der Waals surface area contributed by atoms with Crippen LogP contribution in [0.4, 0.5) is 13.2 Å². The molecule has 1 saturated carbocycles. The molecule has 176 valence electrons. The number of aliphatic hydroxyl groups excluding tert-OH is 1. The molecular formula is C23H30F3N3O3. The van der Waals surface area contributed by atoms with Gasteiger partial charge >= 0.3 is 6.18 Å². The Morgan fingerprint density at radius 1 is 1.09 bits per heavy atom. The highest BCUT2D eigenvalue weighted by atomic mass is 19.4. The van der Waals surface area contributed by atoms with Crippen LogP contribution in [0.25, 0.3) is 10.9 Å². The van der Waals surface area contributed by atoms with Crippen LogP contribution in [0.15, 0.2) is 12.4 Å². The van der Waals surface area contributed by atoms with Gasteiger partial charge in [0, 0.05) is 43.6 Å². The number of rotatable bonds is 6. The molecule has 6 nitrogen and oxygen atoms in total. The van der Waals surface area contributed by atoms with Gasteiger partial charge in [-0.3, -0.25) is 0 Å². The molecule has 2 aromatic rings. The summed E-state index contributed by atoms with van der Waals surface area (Å²) in [7, 11) is 0. The van der Waals surface area contributed by atoms with E-state index in [9.17, 15) is 18.3 Å². The van der Waals surface area contributed by atoms with E-state index >= 15 is 0 Å². The van der Waals surface area contributed by atoms with Crippen LogP contribution in [0.3, 0.4) is 0 Å². The van der Waals surface area contributed by atoms with E-state index < -0.39 is 18.5 Å². The number of halogens is 3. The number of alkyl halides is 3. The van der Waals surface area contributed by atoms with Gasteiger partial charge in [-0.05, 0) is 37.5 Å². The fraction of sp³-hybridized carbons (Fsp3) is 0.696. The molecule has 2 aliphatic rings. The number of ether oxygens (including phenoxy) is 2. The second kappa shape index (κ2) is 9.87. The van der Waals surface area contributed by atoms with Crippen LogP contribution in [0.1, 0.15) is 69.2 Å². The summed E-state index contributed by atoms with van der Waals surface area (Å²) in [6.45, 7) is 2.85. The van der Waals surface area contributed by atoms with E-state index in [0.717, 1.165) is 31.2 Å². The van der Waals surface area contributed by atoms with Crippen LogP contribution in [0, 0.1) is 5.92 Å². The van der Waals surface area contributed by atoms with E-state index in [-0.39, 0.29) is 24.5 Å². The molecule has 0 unspecified atom stereocenters. The van der Waals surface area contributed by atoms with Crippen molar-refractivity contribution < 1.29 is 27.8 Å². The van der Waals surface area contributed by atoms with Crippen molar-refractivity contribution in [2.24, 2.45) is 5.92 Å². The van der Waals surface area contributed by atoms with Gasteiger partial charge in [0.2, 0.25) is 5.88 Å². The molecule has 1 atom stereocenters. The predicted octanol–water partition coefficient (Wildman–Crippen LogP) is 4.73. The van der Waals surface area contributed by atoms with Gasteiger partial charge in [0.15, 0.2) is 0 Å². The SMILES string of the molecule is C[C@@H](Cc1ncc2c(OC3CCOCC3)ncc(C3CCC(O)CC3)c2n1)CC(F)(F)F. The van der Waals surface area contributed by atoms with Crippen LogP contribution in [0.5, 0.6) is 5.88 Å². The Hall–Kier alpha value is -2.00. The van der Waals surface area contributed by atoms with E-state index in [0.29, 0.717) is 48.7 Å². The first-order chi connectivity index (χ1) is 15.3. The Bertz CT molecular complexity index is 910. The summed E-state index contributed by atoms with van der Waals surface area (Å²) in [5, 5.41) is 10.6. The summed E-state index contributed by atoms with van der Waals surface area (Å²) in [6, 6.07) is 0. The average Bonchev–Trinajstić information content (AvgIpc) is 2.74. The molecule has 2 aromatic heterocycles. The summed E-state index contributed by atoms with van der Waals surface area (Å²) in [4.78, 5) is 13.7. The number of fused-ring (bicyclic) bond motifs is 1. The van der Waals surface area contributed by atoms with Crippen molar-refractivity contribution in [1.29, 1.82) is 0 Å². The molecule has 32 heavy (non-hydrogen) atoms. The maximum atomic E-state index is 12.8. The highest BCUT2D eigenvalue weighted by Crippen LogP contribution is 2.38. The van der Waals surface area contributed by atoms with Gasteiger partial charge in [-0.2, -0.15) is 13.2 Å². The van der Waals surface area contributed by atoms with Gasteiger partial charge in [0.25, 0.3) is 0 Å². The molecule has 0 bridgehead atoms. The third-order valence-electron chi connectivity index (χ3n) is 6.36. The molecule has 1 saturated heterocycles. The Morgan fingerprint density at radius 2 is 1.81 bits per heavy atom. The molecule has 1 aliphatic carbocycles. The molecular weight excluding hydrogens is 423 g/mol. The van der Waals surface area contributed by atoms with E-state index in [1.165, 1.54) is 0 Å². The van der Waals surface area contributed by atoms with Crippen LogP contribution in [-0.4, -0.2) is 51.7 Å². The first-order valence-electron chi connectivity index (χ1n) is 11.4. The number of hydrogen-bond acceptors (Lipinski definition) is 6. The van der Waals surface area contributed by atoms with Crippen molar-refractivity contribution >= 4 is 10.9 Å². The van der Waals surface area contributed by atoms with E-state index in [4.69, 9.17) is 14.5 Å². The van der Waals surface area contributed by atoms with Crippen molar-refractivity contribution in [2.75, 3.05) is 13.2 Å². The largest absolute Gasteiger partial charge is 0.474 e. The Morgan fingerprint density at radius 3 is 2.50 bits per heavy atom. The summed E-state index contributed by atoms with van der Waals surface area (Å²) < 4.78 is 49.9. The highest BCUT2D eigenvalue weighted by molar-refractivity contribution is 5.85. The van der Waals surface area contributed by atoms with Gasteiger partial charge < -0.3 is 14.6 Å². The third-order valence-corrected chi connectivity index (χ3v) is 6.36. The maximum Gasteiger partial charge on any atom is 0.389 e. The molecule has 9 heteroatoms. The molecule has 0 radical (unpaired) electrons. The lowest BCUT2D eigenvalue weighted by molar-refractivity contribution is -0.143. The van der Waals surface area contributed by atoms with Crippen LogP contribution in [-0.2, 0) is 11.2 Å². The quantitative estimate of drug-likeness (QED) is 0.681. The second-order valence-corrected chi connectivity index (χ2v) is 9.13. The van der Waals surface area contributed by atoms with Gasteiger partial charge in [-0.15, -0.1) is 0 Å². The molecule has 4 rings (SSSR count). The smallest absolute Gasteiger partial charge is 0.389 e. The molecule has 0 spiro atoms. The Labute approximate surface area is 185 Å². The normalized spacial score (nSPS) is 23.9.